The van der Waals surface area contributed by atoms with Crippen LogP contribution in [-0.2, 0) is 4.74 Å². The topological polar surface area (TPSA) is 118 Å². The van der Waals surface area contributed by atoms with Crippen molar-refractivity contribution in [2.24, 2.45) is 0 Å². The van der Waals surface area contributed by atoms with E-state index in [9.17, 15) is 4.79 Å². The first kappa shape index (κ1) is 16.5. The fourth-order valence-electron chi connectivity index (χ4n) is 2.63. The van der Waals surface area contributed by atoms with E-state index in [-0.39, 0.29) is 18.9 Å². The van der Waals surface area contributed by atoms with E-state index in [1.165, 1.54) is 6.33 Å². The zero-order valence-electron chi connectivity index (χ0n) is 13.1. The summed E-state index contributed by atoms with van der Waals surface area (Å²) in [7, 11) is 0. The minimum atomic E-state index is -0.511. The number of hydrogen-bond acceptors (Lipinski definition) is 7. The van der Waals surface area contributed by atoms with Crippen molar-refractivity contribution in [3.63, 3.8) is 0 Å². The highest BCUT2D eigenvalue weighted by atomic mass is 32.2. The van der Waals surface area contributed by atoms with Crippen LogP contribution in [-0.4, -0.2) is 50.2 Å². The van der Waals surface area contributed by atoms with Crippen molar-refractivity contribution in [1.82, 2.24) is 24.8 Å². The Morgan fingerprint density at radius 2 is 2.38 bits per heavy atom. The molecule has 126 valence electrons. The number of amides is 2. The summed E-state index contributed by atoms with van der Waals surface area (Å²) in [5.41, 5.74) is 1.09. The number of nitriles is 1. The molecule has 1 aliphatic heterocycles. The fraction of sp³-hybridized carbons (Fsp3) is 0.500. The summed E-state index contributed by atoms with van der Waals surface area (Å²) in [6, 6.07) is 1.32. The lowest BCUT2D eigenvalue weighted by molar-refractivity contribution is 0.0154. The number of imidazole rings is 1. The molecule has 1 saturated heterocycles. The quantitative estimate of drug-likeness (QED) is 0.787. The standard InChI is InChI=1S/C14H17N7O2S/c1-24-6-9-2-3-10(23-9)21-8-19-11-12(17-7-18-13(11)21)20-14(22)16-5-4-15/h7-10H,2-3,5-6H2,1H3,(H2,16,17,18,20,22). The van der Waals surface area contributed by atoms with Crippen LogP contribution >= 0.6 is 11.8 Å². The Kier molecular flexibility index (Phi) is 5.12. The number of nitrogens with zero attached hydrogens (tertiary/aromatic N) is 5. The molecule has 2 aromatic heterocycles. The Labute approximate surface area is 142 Å². The van der Waals surface area contributed by atoms with E-state index in [0.29, 0.717) is 17.0 Å². The molecule has 0 aromatic carbocycles. The van der Waals surface area contributed by atoms with Gasteiger partial charge in [0.25, 0.3) is 0 Å². The van der Waals surface area contributed by atoms with Crippen LogP contribution in [0.3, 0.4) is 0 Å². The molecular weight excluding hydrogens is 330 g/mol. The summed E-state index contributed by atoms with van der Waals surface area (Å²) >= 11 is 1.76. The highest BCUT2D eigenvalue weighted by Crippen LogP contribution is 2.32. The third kappa shape index (κ3) is 3.42. The van der Waals surface area contributed by atoms with E-state index in [1.807, 2.05) is 10.6 Å². The molecule has 2 N–H and O–H groups in total. The smallest absolute Gasteiger partial charge is 0.321 e. The highest BCUT2D eigenvalue weighted by Gasteiger charge is 2.28. The third-order valence-corrected chi connectivity index (χ3v) is 4.37. The SMILES string of the molecule is CSCC1CCC(n2cnc3c(NC(=O)NCC#N)ncnc32)O1. The Morgan fingerprint density at radius 3 is 3.17 bits per heavy atom. The maximum absolute atomic E-state index is 11.7. The van der Waals surface area contributed by atoms with Crippen LogP contribution in [0.2, 0.25) is 0 Å². The number of carbonyl (C=O) groups is 1. The molecule has 3 heterocycles. The van der Waals surface area contributed by atoms with Gasteiger partial charge in [-0.1, -0.05) is 0 Å². The molecule has 2 amide bonds. The summed E-state index contributed by atoms with van der Waals surface area (Å²) in [6.07, 6.45) is 7.11. The number of urea groups is 1. The largest absolute Gasteiger partial charge is 0.354 e. The van der Waals surface area contributed by atoms with Gasteiger partial charge in [-0.05, 0) is 19.1 Å². The molecule has 0 saturated carbocycles. The Balaban J connectivity index is 1.79. The van der Waals surface area contributed by atoms with Crippen LogP contribution in [0.1, 0.15) is 19.1 Å². The summed E-state index contributed by atoms with van der Waals surface area (Å²) < 4.78 is 7.91. The van der Waals surface area contributed by atoms with Gasteiger partial charge in [-0.15, -0.1) is 0 Å². The molecule has 2 atom stereocenters. The lowest BCUT2D eigenvalue weighted by Crippen LogP contribution is -2.29. The molecule has 0 bridgehead atoms. The number of carbonyl (C=O) groups excluding carboxylic acids is 1. The molecule has 1 aliphatic rings. The molecule has 2 aromatic rings. The third-order valence-electron chi connectivity index (χ3n) is 3.67. The van der Waals surface area contributed by atoms with Crippen molar-refractivity contribution in [3.05, 3.63) is 12.7 Å². The van der Waals surface area contributed by atoms with E-state index in [2.05, 4.69) is 31.8 Å². The Hall–Kier alpha value is -2.38. The Morgan fingerprint density at radius 1 is 1.50 bits per heavy atom. The predicted molar refractivity (Wildman–Crippen MR) is 89.5 cm³/mol. The first-order valence-corrected chi connectivity index (χ1v) is 8.86. The van der Waals surface area contributed by atoms with Gasteiger partial charge in [0.05, 0.1) is 18.5 Å². The summed E-state index contributed by atoms with van der Waals surface area (Å²) in [5, 5.41) is 13.5. The van der Waals surface area contributed by atoms with Crippen molar-refractivity contribution in [2.75, 3.05) is 23.9 Å². The number of aromatic nitrogens is 4. The van der Waals surface area contributed by atoms with Gasteiger partial charge in [0.15, 0.2) is 17.0 Å². The molecule has 2 unspecified atom stereocenters. The highest BCUT2D eigenvalue weighted by molar-refractivity contribution is 7.98. The van der Waals surface area contributed by atoms with Crippen LogP contribution in [0.5, 0.6) is 0 Å². The summed E-state index contributed by atoms with van der Waals surface area (Å²) in [6.45, 7) is -0.0821. The predicted octanol–water partition coefficient (Wildman–Crippen LogP) is 1.51. The van der Waals surface area contributed by atoms with Gasteiger partial charge in [-0.2, -0.15) is 17.0 Å². The lowest BCUT2D eigenvalue weighted by Gasteiger charge is -2.14. The molecule has 0 aliphatic carbocycles. The van der Waals surface area contributed by atoms with Gasteiger partial charge in [0, 0.05) is 5.75 Å². The van der Waals surface area contributed by atoms with Gasteiger partial charge >= 0.3 is 6.03 Å². The molecule has 10 heteroatoms. The van der Waals surface area contributed by atoms with Gasteiger partial charge < -0.3 is 10.1 Å². The number of anilines is 1. The minimum absolute atomic E-state index is 0.0821. The number of fused-ring (bicyclic) bond motifs is 1. The monoisotopic (exact) mass is 347 g/mol. The molecule has 0 spiro atoms. The number of rotatable bonds is 5. The maximum atomic E-state index is 11.7. The lowest BCUT2D eigenvalue weighted by atomic mass is 10.2. The van der Waals surface area contributed by atoms with E-state index in [1.54, 1.807) is 18.1 Å². The molecular formula is C14H17N7O2S. The number of ether oxygens (including phenoxy) is 1. The van der Waals surface area contributed by atoms with Crippen molar-refractivity contribution >= 4 is 34.8 Å². The second-order valence-electron chi connectivity index (χ2n) is 5.26. The summed E-state index contributed by atoms with van der Waals surface area (Å²) in [4.78, 5) is 24.3. The van der Waals surface area contributed by atoms with Crippen LogP contribution in [0.4, 0.5) is 10.6 Å². The molecule has 9 nitrogen and oxygen atoms in total. The van der Waals surface area contributed by atoms with Gasteiger partial charge in [-0.3, -0.25) is 9.88 Å². The maximum Gasteiger partial charge on any atom is 0.321 e. The van der Waals surface area contributed by atoms with Crippen LogP contribution in [0.15, 0.2) is 12.7 Å². The van der Waals surface area contributed by atoms with Crippen molar-refractivity contribution in [2.45, 2.75) is 25.2 Å². The molecule has 0 radical (unpaired) electrons. The van der Waals surface area contributed by atoms with Gasteiger partial charge in [0.1, 0.15) is 19.1 Å². The zero-order chi connectivity index (χ0) is 16.9. The van der Waals surface area contributed by atoms with Gasteiger partial charge in [-0.25, -0.2) is 19.7 Å². The van der Waals surface area contributed by atoms with E-state index in [4.69, 9.17) is 10.00 Å². The number of hydrogen-bond donors (Lipinski definition) is 2. The van der Waals surface area contributed by atoms with Gasteiger partial charge in [0.2, 0.25) is 0 Å². The average Bonchev–Trinajstić information content (AvgIpc) is 3.20. The van der Waals surface area contributed by atoms with Crippen LogP contribution < -0.4 is 10.6 Å². The Bertz CT molecular complexity index is 772. The first-order valence-electron chi connectivity index (χ1n) is 7.46. The minimum Gasteiger partial charge on any atom is -0.354 e. The molecule has 1 fully saturated rings. The number of thioether (sulfide) groups is 1. The normalized spacial score (nSPS) is 20.0. The van der Waals surface area contributed by atoms with Crippen molar-refractivity contribution < 1.29 is 9.53 Å². The van der Waals surface area contributed by atoms with E-state index < -0.39 is 6.03 Å². The van der Waals surface area contributed by atoms with Crippen LogP contribution in [0, 0.1) is 11.3 Å². The number of nitrogens with one attached hydrogen (secondary N) is 2. The fourth-order valence-corrected chi connectivity index (χ4v) is 3.24. The summed E-state index contributed by atoms with van der Waals surface area (Å²) in [5.74, 6) is 1.26. The van der Waals surface area contributed by atoms with Crippen LogP contribution in [0.25, 0.3) is 11.2 Å². The molecule has 24 heavy (non-hydrogen) atoms. The molecule has 3 rings (SSSR count). The van der Waals surface area contributed by atoms with Crippen molar-refractivity contribution in [1.29, 1.82) is 5.26 Å². The second kappa shape index (κ2) is 7.46. The second-order valence-corrected chi connectivity index (χ2v) is 6.17. The first-order chi connectivity index (χ1) is 11.7. The van der Waals surface area contributed by atoms with Crippen molar-refractivity contribution in [3.8, 4) is 6.07 Å². The average molecular weight is 347 g/mol. The van der Waals surface area contributed by atoms with E-state index in [0.717, 1.165) is 18.6 Å². The van der Waals surface area contributed by atoms with E-state index >= 15 is 0 Å². The zero-order valence-corrected chi connectivity index (χ0v) is 13.9.